The molecule has 204 valence electrons. The van der Waals surface area contributed by atoms with Crippen LogP contribution in [0.15, 0.2) is 83.8 Å². The summed E-state index contributed by atoms with van der Waals surface area (Å²) in [5.41, 5.74) is 1.59. The molecule has 4 rings (SSSR count). The maximum atomic E-state index is 13.8. The maximum Gasteiger partial charge on any atom is 0.269 e. The first-order valence-corrected chi connectivity index (χ1v) is 14.6. The Kier molecular flexibility index (Phi) is 9.04. The van der Waals surface area contributed by atoms with Crippen molar-refractivity contribution in [2.75, 3.05) is 13.1 Å². The largest absolute Gasteiger partial charge is 0.354 e. The van der Waals surface area contributed by atoms with E-state index < -0.39 is 27.9 Å². The van der Waals surface area contributed by atoms with Crippen molar-refractivity contribution < 1.29 is 22.8 Å². The van der Waals surface area contributed by atoms with E-state index in [1.807, 2.05) is 37.3 Å². The maximum absolute atomic E-state index is 13.8. The number of sulfonamides is 1. The summed E-state index contributed by atoms with van der Waals surface area (Å²) in [6.45, 7) is 2.07. The predicted molar refractivity (Wildman–Crippen MR) is 149 cm³/mol. The number of halogens is 1. The molecule has 0 saturated carbocycles. The molecular weight excluding hydrogens is 538 g/mol. The molecule has 1 atom stereocenters. The average molecular weight is 568 g/mol. The van der Waals surface area contributed by atoms with E-state index in [0.717, 1.165) is 16.3 Å². The fourth-order valence-corrected chi connectivity index (χ4v) is 6.29. The summed E-state index contributed by atoms with van der Waals surface area (Å²) >= 11 is 6.42. The van der Waals surface area contributed by atoms with Crippen LogP contribution in [0.5, 0.6) is 0 Å². The van der Waals surface area contributed by atoms with Gasteiger partial charge >= 0.3 is 0 Å². The minimum Gasteiger partial charge on any atom is -0.354 e. The molecule has 3 aromatic carbocycles. The number of carbonyl (C=O) groups is 3. The summed E-state index contributed by atoms with van der Waals surface area (Å²) in [7, 11) is -4.07. The van der Waals surface area contributed by atoms with Crippen LogP contribution >= 0.6 is 11.6 Å². The summed E-state index contributed by atoms with van der Waals surface area (Å²) < 4.78 is 26.8. The Morgan fingerprint density at radius 1 is 0.974 bits per heavy atom. The highest BCUT2D eigenvalue weighted by Crippen LogP contribution is 2.30. The second kappa shape index (κ2) is 12.4. The van der Waals surface area contributed by atoms with Crippen LogP contribution in [0.2, 0.25) is 5.02 Å². The Labute approximate surface area is 233 Å². The number of amides is 3. The van der Waals surface area contributed by atoms with Crippen LogP contribution in [-0.2, 0) is 32.6 Å². The Hall–Kier alpha value is -3.69. The number of carbonyl (C=O) groups excluding carboxylic acids is 3. The molecule has 1 aliphatic rings. The molecule has 0 aliphatic carbocycles. The lowest BCUT2D eigenvalue weighted by Gasteiger charge is -2.32. The topological polar surface area (TPSA) is 104 Å². The molecule has 0 bridgehead atoms. The molecule has 1 aliphatic heterocycles. The van der Waals surface area contributed by atoms with Gasteiger partial charge in [0.2, 0.25) is 11.8 Å². The van der Waals surface area contributed by atoms with Crippen molar-refractivity contribution in [3.63, 3.8) is 0 Å². The lowest BCUT2D eigenvalue weighted by atomic mass is 10.0. The van der Waals surface area contributed by atoms with Gasteiger partial charge in [0.25, 0.3) is 15.9 Å². The number of hydrogen-bond acceptors (Lipinski definition) is 5. The Balaban J connectivity index is 1.63. The third-order valence-electron chi connectivity index (χ3n) is 6.56. The van der Waals surface area contributed by atoms with Crippen LogP contribution in [-0.4, -0.2) is 54.5 Å². The normalized spacial score (nSPS) is 14.5. The molecule has 1 heterocycles. The van der Waals surface area contributed by atoms with E-state index in [-0.39, 0.29) is 42.3 Å². The Morgan fingerprint density at radius 3 is 2.33 bits per heavy atom. The minimum absolute atomic E-state index is 0.0382. The van der Waals surface area contributed by atoms with E-state index in [4.69, 9.17) is 11.6 Å². The number of benzene rings is 3. The molecule has 10 heteroatoms. The van der Waals surface area contributed by atoms with Crippen molar-refractivity contribution in [2.24, 2.45) is 0 Å². The molecule has 1 N–H and O–H groups in total. The molecule has 0 spiro atoms. The number of fused-ring (bicyclic) bond motifs is 1. The van der Waals surface area contributed by atoms with Gasteiger partial charge in [-0.15, -0.1) is 0 Å². The van der Waals surface area contributed by atoms with Gasteiger partial charge in [-0.05, 0) is 35.7 Å². The number of nitrogens with zero attached hydrogens (tertiary/aromatic N) is 2. The second-order valence-electron chi connectivity index (χ2n) is 9.24. The van der Waals surface area contributed by atoms with E-state index >= 15 is 0 Å². The van der Waals surface area contributed by atoms with Crippen LogP contribution in [0.4, 0.5) is 0 Å². The van der Waals surface area contributed by atoms with Gasteiger partial charge < -0.3 is 10.2 Å². The zero-order chi connectivity index (χ0) is 28.0. The number of rotatable bonds is 11. The minimum atomic E-state index is -4.07. The van der Waals surface area contributed by atoms with Crippen molar-refractivity contribution in [1.82, 2.24) is 14.5 Å². The quantitative estimate of drug-likeness (QED) is 0.377. The smallest absolute Gasteiger partial charge is 0.269 e. The first-order chi connectivity index (χ1) is 18.7. The molecular formula is C29H30ClN3O5S. The molecule has 8 nitrogen and oxygen atoms in total. The highest BCUT2D eigenvalue weighted by Gasteiger charge is 2.41. The molecule has 39 heavy (non-hydrogen) atoms. The highest BCUT2D eigenvalue weighted by molar-refractivity contribution is 7.90. The first kappa shape index (κ1) is 28.3. The lowest BCUT2D eigenvalue weighted by Crippen LogP contribution is -2.51. The predicted octanol–water partition coefficient (Wildman–Crippen LogP) is 4.04. The number of nitrogens with one attached hydrogen (secondary N) is 1. The van der Waals surface area contributed by atoms with Gasteiger partial charge in [0.15, 0.2) is 0 Å². The summed E-state index contributed by atoms with van der Waals surface area (Å²) in [4.78, 5) is 41.4. The molecule has 3 aromatic rings. The molecule has 0 unspecified atom stereocenters. The molecule has 0 fully saturated rings. The zero-order valence-electron chi connectivity index (χ0n) is 21.5. The van der Waals surface area contributed by atoms with Gasteiger partial charge in [-0.25, -0.2) is 12.7 Å². The van der Waals surface area contributed by atoms with Crippen molar-refractivity contribution in [2.45, 2.75) is 43.7 Å². The third kappa shape index (κ3) is 6.32. The molecule has 0 saturated heterocycles. The standard InChI is InChI=1S/C29H30ClN3O5S/c1-2-17-31-28(35)25(19-21-10-4-3-5-11-21)32(20-22-12-6-8-14-24(22)30)27(34)16-18-33-29(36)23-13-7-9-15-26(23)39(33,37)38/h3-15,25H,2,16-20H2,1H3,(H,31,35)/t25-/m1/s1. The average Bonchev–Trinajstić information content (AvgIpc) is 3.13. The van der Waals surface area contributed by atoms with Gasteiger partial charge in [-0.3, -0.25) is 14.4 Å². The first-order valence-electron chi connectivity index (χ1n) is 12.7. The molecule has 0 radical (unpaired) electrons. The van der Waals surface area contributed by atoms with Crippen molar-refractivity contribution in [3.8, 4) is 0 Å². The highest BCUT2D eigenvalue weighted by atomic mass is 35.5. The summed E-state index contributed by atoms with van der Waals surface area (Å²) in [6.07, 6.45) is 0.673. The summed E-state index contributed by atoms with van der Waals surface area (Å²) in [6, 6.07) is 21.5. The van der Waals surface area contributed by atoms with Gasteiger partial charge in [0.05, 0.1) is 5.56 Å². The van der Waals surface area contributed by atoms with Crippen LogP contribution in [0.3, 0.4) is 0 Å². The van der Waals surface area contributed by atoms with E-state index in [2.05, 4.69) is 5.32 Å². The summed E-state index contributed by atoms with van der Waals surface area (Å²) in [5.74, 6) is -1.46. The van der Waals surface area contributed by atoms with E-state index in [0.29, 0.717) is 17.1 Å². The van der Waals surface area contributed by atoms with Crippen molar-refractivity contribution in [1.29, 1.82) is 0 Å². The van der Waals surface area contributed by atoms with Crippen LogP contribution in [0.1, 0.15) is 41.3 Å². The van der Waals surface area contributed by atoms with Gasteiger partial charge in [0.1, 0.15) is 10.9 Å². The zero-order valence-corrected chi connectivity index (χ0v) is 23.1. The van der Waals surface area contributed by atoms with Gasteiger partial charge in [-0.2, -0.15) is 0 Å². The molecule has 3 amide bonds. The Morgan fingerprint density at radius 2 is 1.64 bits per heavy atom. The van der Waals surface area contributed by atoms with Crippen molar-refractivity contribution >= 4 is 39.3 Å². The fourth-order valence-electron chi connectivity index (χ4n) is 4.52. The lowest BCUT2D eigenvalue weighted by molar-refractivity contribution is -0.141. The fraction of sp³-hybridized carbons (Fsp3) is 0.276. The SMILES string of the molecule is CCCNC(=O)[C@@H](Cc1ccccc1)N(Cc1ccccc1Cl)C(=O)CCN1C(=O)c2ccccc2S1(=O)=O. The van der Waals surface area contributed by atoms with E-state index in [9.17, 15) is 22.8 Å². The van der Waals surface area contributed by atoms with Crippen molar-refractivity contribution in [3.05, 3.63) is 101 Å². The monoisotopic (exact) mass is 567 g/mol. The second-order valence-corrected chi connectivity index (χ2v) is 11.5. The van der Waals surface area contributed by atoms with Crippen LogP contribution in [0.25, 0.3) is 0 Å². The molecule has 0 aromatic heterocycles. The third-order valence-corrected chi connectivity index (χ3v) is 8.77. The number of hydrogen-bond donors (Lipinski definition) is 1. The van der Waals surface area contributed by atoms with Crippen LogP contribution in [0, 0.1) is 0 Å². The van der Waals surface area contributed by atoms with E-state index in [1.165, 1.54) is 17.0 Å². The van der Waals surface area contributed by atoms with E-state index in [1.54, 1.807) is 36.4 Å². The van der Waals surface area contributed by atoms with Gasteiger partial charge in [-0.1, -0.05) is 79.2 Å². The Bertz CT molecular complexity index is 1460. The van der Waals surface area contributed by atoms with Crippen LogP contribution < -0.4 is 5.32 Å². The summed E-state index contributed by atoms with van der Waals surface area (Å²) in [5, 5.41) is 3.33. The van der Waals surface area contributed by atoms with Gasteiger partial charge in [0, 0.05) is 37.5 Å².